The molecular weight excluding hydrogens is 258 g/mol. The molecule has 0 bridgehead atoms. The largest absolute Gasteiger partial charge is 0.453 e. The van der Waals surface area contributed by atoms with Crippen LogP contribution in [0.1, 0.15) is 24.0 Å². The molecule has 0 amide bonds. The number of ether oxygens (including phenoxy) is 2. The minimum atomic E-state index is 0.301. The molecule has 4 heteroatoms. The van der Waals surface area contributed by atoms with Gasteiger partial charge in [0, 0.05) is 0 Å². The summed E-state index contributed by atoms with van der Waals surface area (Å²) in [5, 5.41) is 0. The molecule has 1 heterocycles. The highest BCUT2D eigenvalue weighted by Gasteiger charge is 2.23. The van der Waals surface area contributed by atoms with Gasteiger partial charge < -0.3 is 15.2 Å². The molecule has 0 spiro atoms. The zero-order valence-electron chi connectivity index (χ0n) is 8.84. The van der Waals surface area contributed by atoms with Crippen molar-refractivity contribution in [3.05, 3.63) is 21.7 Å². The minimum Gasteiger partial charge on any atom is -0.453 e. The summed E-state index contributed by atoms with van der Waals surface area (Å²) in [6.45, 7) is 5.08. The molecule has 82 valence electrons. The zero-order chi connectivity index (χ0) is 11.0. The van der Waals surface area contributed by atoms with Gasteiger partial charge in [0.2, 0.25) is 6.79 Å². The van der Waals surface area contributed by atoms with E-state index in [1.165, 1.54) is 5.56 Å². The fourth-order valence-electron chi connectivity index (χ4n) is 1.81. The fourth-order valence-corrected chi connectivity index (χ4v) is 2.36. The van der Waals surface area contributed by atoms with Gasteiger partial charge in [-0.25, -0.2) is 0 Å². The lowest BCUT2D eigenvalue weighted by atomic mass is 9.95. The number of hydrogen-bond acceptors (Lipinski definition) is 3. The van der Waals surface area contributed by atoms with Crippen LogP contribution in [0.4, 0.5) is 0 Å². The summed E-state index contributed by atoms with van der Waals surface area (Å²) in [5.74, 6) is 1.98. The summed E-state index contributed by atoms with van der Waals surface area (Å²) in [4.78, 5) is 0. The topological polar surface area (TPSA) is 44.5 Å². The maximum Gasteiger partial charge on any atom is 0.231 e. The summed E-state index contributed by atoms with van der Waals surface area (Å²) in [6.07, 6.45) is 0. The fraction of sp³-hybridized carbons (Fsp3) is 0.455. The van der Waals surface area contributed by atoms with Crippen molar-refractivity contribution in [3.63, 3.8) is 0 Å². The first-order chi connectivity index (χ1) is 7.15. The zero-order valence-corrected chi connectivity index (χ0v) is 10.4. The van der Waals surface area contributed by atoms with E-state index in [1.807, 2.05) is 6.92 Å². The predicted molar refractivity (Wildman–Crippen MR) is 62.5 cm³/mol. The second-order valence-corrected chi connectivity index (χ2v) is 4.63. The SMILES string of the molecule is Cc1c(C(C)CN)cc(Br)c2c1OCO2. The molecular formula is C11H14BrNO2. The smallest absolute Gasteiger partial charge is 0.231 e. The van der Waals surface area contributed by atoms with Gasteiger partial charge in [0.25, 0.3) is 0 Å². The van der Waals surface area contributed by atoms with Crippen LogP contribution in [0, 0.1) is 6.92 Å². The third-order valence-electron chi connectivity index (χ3n) is 2.77. The monoisotopic (exact) mass is 271 g/mol. The van der Waals surface area contributed by atoms with E-state index >= 15 is 0 Å². The standard InChI is InChI=1S/C11H14BrNO2/c1-6(4-13)8-3-9(12)11-10(7(8)2)14-5-15-11/h3,6H,4-5,13H2,1-2H3. The normalized spacial score (nSPS) is 15.5. The van der Waals surface area contributed by atoms with Gasteiger partial charge in [0.05, 0.1) is 4.47 Å². The first-order valence-corrected chi connectivity index (χ1v) is 5.73. The number of fused-ring (bicyclic) bond motifs is 1. The molecule has 2 rings (SSSR count). The van der Waals surface area contributed by atoms with Gasteiger partial charge in [-0.15, -0.1) is 0 Å². The first-order valence-electron chi connectivity index (χ1n) is 4.93. The molecule has 1 aromatic rings. The number of halogens is 1. The average molecular weight is 272 g/mol. The Kier molecular flexibility index (Phi) is 2.89. The molecule has 1 aliphatic heterocycles. The second-order valence-electron chi connectivity index (χ2n) is 3.77. The van der Waals surface area contributed by atoms with Gasteiger partial charge in [0.15, 0.2) is 11.5 Å². The van der Waals surface area contributed by atoms with Crippen LogP contribution in [0.3, 0.4) is 0 Å². The lowest BCUT2D eigenvalue weighted by Crippen LogP contribution is -2.10. The number of nitrogens with two attached hydrogens (primary N) is 1. The van der Waals surface area contributed by atoms with Crippen LogP contribution in [0.2, 0.25) is 0 Å². The minimum absolute atomic E-state index is 0.301. The number of benzene rings is 1. The van der Waals surface area contributed by atoms with Gasteiger partial charge in [-0.2, -0.15) is 0 Å². The highest BCUT2D eigenvalue weighted by molar-refractivity contribution is 9.10. The van der Waals surface area contributed by atoms with Crippen LogP contribution in [-0.4, -0.2) is 13.3 Å². The van der Waals surface area contributed by atoms with Crippen molar-refractivity contribution in [2.45, 2.75) is 19.8 Å². The maximum atomic E-state index is 5.68. The Bertz CT molecular complexity index is 393. The van der Waals surface area contributed by atoms with E-state index in [2.05, 4.69) is 28.9 Å². The van der Waals surface area contributed by atoms with E-state index in [0.717, 1.165) is 21.5 Å². The summed E-state index contributed by atoms with van der Waals surface area (Å²) in [7, 11) is 0. The van der Waals surface area contributed by atoms with Crippen LogP contribution in [0.25, 0.3) is 0 Å². The highest BCUT2D eigenvalue weighted by Crippen LogP contribution is 2.44. The van der Waals surface area contributed by atoms with Crippen LogP contribution in [0.15, 0.2) is 10.5 Å². The summed E-state index contributed by atoms with van der Waals surface area (Å²) >= 11 is 3.48. The van der Waals surface area contributed by atoms with Gasteiger partial charge in [-0.3, -0.25) is 0 Å². The Hall–Kier alpha value is -0.740. The van der Waals surface area contributed by atoms with E-state index in [9.17, 15) is 0 Å². The molecule has 2 N–H and O–H groups in total. The third kappa shape index (κ3) is 1.72. The molecule has 0 fully saturated rings. The Morgan fingerprint density at radius 1 is 1.47 bits per heavy atom. The molecule has 1 unspecified atom stereocenters. The maximum absolute atomic E-state index is 5.68. The van der Waals surface area contributed by atoms with Crippen LogP contribution >= 0.6 is 15.9 Å². The lowest BCUT2D eigenvalue weighted by molar-refractivity contribution is 0.173. The van der Waals surface area contributed by atoms with Gasteiger partial charge in [-0.05, 0) is 52.5 Å². The van der Waals surface area contributed by atoms with Gasteiger partial charge in [0.1, 0.15) is 0 Å². The molecule has 0 saturated carbocycles. The summed E-state index contributed by atoms with van der Waals surface area (Å²) in [5.41, 5.74) is 8.03. The van der Waals surface area contributed by atoms with Crippen LogP contribution in [-0.2, 0) is 0 Å². The summed E-state index contributed by atoms with van der Waals surface area (Å²) in [6, 6.07) is 2.07. The second kappa shape index (κ2) is 4.02. The molecule has 0 aromatic heterocycles. The van der Waals surface area contributed by atoms with E-state index in [-0.39, 0.29) is 0 Å². The van der Waals surface area contributed by atoms with Crippen LogP contribution in [0.5, 0.6) is 11.5 Å². The Morgan fingerprint density at radius 3 is 2.80 bits per heavy atom. The van der Waals surface area contributed by atoms with E-state index in [4.69, 9.17) is 15.2 Å². The van der Waals surface area contributed by atoms with Crippen molar-refractivity contribution in [2.24, 2.45) is 5.73 Å². The number of hydrogen-bond donors (Lipinski definition) is 1. The van der Waals surface area contributed by atoms with E-state index in [0.29, 0.717) is 19.3 Å². The molecule has 1 aromatic carbocycles. The van der Waals surface area contributed by atoms with Gasteiger partial charge >= 0.3 is 0 Å². The molecule has 3 nitrogen and oxygen atoms in total. The third-order valence-corrected chi connectivity index (χ3v) is 3.36. The summed E-state index contributed by atoms with van der Waals surface area (Å²) < 4.78 is 11.8. The van der Waals surface area contributed by atoms with Crippen molar-refractivity contribution in [1.29, 1.82) is 0 Å². The first kappa shape index (κ1) is 10.8. The highest BCUT2D eigenvalue weighted by atomic mass is 79.9. The van der Waals surface area contributed by atoms with Crippen LogP contribution < -0.4 is 15.2 Å². The Labute approximate surface area is 97.7 Å². The van der Waals surface area contributed by atoms with Crippen molar-refractivity contribution in [3.8, 4) is 11.5 Å². The number of rotatable bonds is 2. The quantitative estimate of drug-likeness (QED) is 0.899. The average Bonchev–Trinajstić information content (AvgIpc) is 2.71. The lowest BCUT2D eigenvalue weighted by Gasteiger charge is -2.15. The molecule has 0 aliphatic carbocycles. The molecule has 15 heavy (non-hydrogen) atoms. The van der Waals surface area contributed by atoms with Gasteiger partial charge in [-0.1, -0.05) is 6.92 Å². The molecule has 0 radical (unpaired) electrons. The Balaban J connectivity index is 2.54. The van der Waals surface area contributed by atoms with E-state index < -0.39 is 0 Å². The molecule has 1 atom stereocenters. The van der Waals surface area contributed by atoms with Crippen molar-refractivity contribution in [1.82, 2.24) is 0 Å². The molecule has 1 aliphatic rings. The van der Waals surface area contributed by atoms with Crippen molar-refractivity contribution >= 4 is 15.9 Å². The van der Waals surface area contributed by atoms with Crippen molar-refractivity contribution in [2.75, 3.05) is 13.3 Å². The van der Waals surface area contributed by atoms with E-state index in [1.54, 1.807) is 0 Å². The van der Waals surface area contributed by atoms with Crippen molar-refractivity contribution < 1.29 is 9.47 Å². The predicted octanol–water partition coefficient (Wildman–Crippen LogP) is 2.55. The Morgan fingerprint density at radius 2 is 2.13 bits per heavy atom. The molecule has 0 saturated heterocycles.